The van der Waals surface area contributed by atoms with Crippen LogP contribution in [0.2, 0.25) is 0 Å². The van der Waals surface area contributed by atoms with Gasteiger partial charge >= 0.3 is 0 Å². The molecular weight excluding hydrogens is 707 g/mol. The summed E-state index contributed by atoms with van der Waals surface area (Å²) in [5.41, 5.74) is 14.3. The van der Waals surface area contributed by atoms with Gasteiger partial charge in [-0.15, -0.1) is 0 Å². The number of nitrogens with zero attached hydrogens (tertiary/aromatic N) is 1. The van der Waals surface area contributed by atoms with Gasteiger partial charge in [-0.3, -0.25) is 0 Å². The second-order valence-corrected chi connectivity index (χ2v) is 14.8. The summed E-state index contributed by atoms with van der Waals surface area (Å²) in [4.78, 5) is 2.35. The van der Waals surface area contributed by atoms with Gasteiger partial charge in [0.05, 0.1) is 0 Å². The summed E-state index contributed by atoms with van der Waals surface area (Å²) in [5, 5.41) is 4.71. The van der Waals surface area contributed by atoms with Crippen molar-refractivity contribution in [2.75, 3.05) is 4.90 Å². The van der Waals surface area contributed by atoms with Crippen LogP contribution in [0.3, 0.4) is 0 Å². The maximum atomic E-state index is 6.46. The largest absolute Gasteiger partial charge is 0.457 e. The Kier molecular flexibility index (Phi) is 8.22. The molecule has 0 atom stereocenters. The third-order valence-electron chi connectivity index (χ3n) is 11.4. The molecule has 1 aliphatic heterocycles. The fraction of sp³-hybridized carbons (Fsp3) is 0.0182. The lowest BCUT2D eigenvalue weighted by molar-refractivity contribution is 0.499. The molecule has 0 bridgehead atoms. The van der Waals surface area contributed by atoms with Crippen LogP contribution in [0.25, 0.3) is 71.9 Å². The molecule has 9 aromatic carbocycles. The predicted molar refractivity (Wildman–Crippen MR) is 241 cm³/mol. The fourth-order valence-corrected chi connectivity index (χ4v) is 8.50. The number of fused-ring (bicyclic) bond motifs is 6. The van der Waals surface area contributed by atoms with E-state index in [1.807, 2.05) is 30.3 Å². The van der Waals surface area contributed by atoms with E-state index < -0.39 is 0 Å². The van der Waals surface area contributed by atoms with Crippen molar-refractivity contribution < 1.29 is 9.15 Å². The van der Waals surface area contributed by atoms with E-state index in [0.717, 1.165) is 79.2 Å². The summed E-state index contributed by atoms with van der Waals surface area (Å²) in [6.07, 6.45) is 2.95. The summed E-state index contributed by atoms with van der Waals surface area (Å²) in [7, 11) is 0. The van der Waals surface area contributed by atoms with Crippen molar-refractivity contribution >= 4 is 55.5 Å². The molecule has 0 unspecified atom stereocenters. The van der Waals surface area contributed by atoms with Gasteiger partial charge in [0, 0.05) is 39.0 Å². The number of allylic oxidation sites excluding steroid dienone is 1. The third-order valence-corrected chi connectivity index (χ3v) is 11.4. The normalized spacial score (nSPS) is 12.3. The monoisotopic (exact) mass is 743 g/mol. The number of anilines is 3. The zero-order chi connectivity index (χ0) is 38.4. The zero-order valence-electron chi connectivity index (χ0n) is 31.7. The molecule has 0 fully saturated rings. The molecule has 0 amide bonds. The van der Waals surface area contributed by atoms with Gasteiger partial charge in [-0.25, -0.2) is 0 Å². The number of rotatable bonds is 7. The molecule has 0 radical (unpaired) electrons. The minimum Gasteiger partial charge on any atom is -0.457 e. The van der Waals surface area contributed by atoms with Crippen LogP contribution < -0.4 is 9.64 Å². The summed E-state index contributed by atoms with van der Waals surface area (Å²) >= 11 is 0. The molecule has 1 aromatic heterocycles. The fourth-order valence-electron chi connectivity index (χ4n) is 8.50. The summed E-state index contributed by atoms with van der Waals surface area (Å²) in [5.74, 6) is 1.77. The maximum absolute atomic E-state index is 6.46. The predicted octanol–water partition coefficient (Wildman–Crippen LogP) is 15.2. The van der Waals surface area contributed by atoms with Crippen molar-refractivity contribution in [1.29, 1.82) is 0 Å². The molecule has 3 heteroatoms. The van der Waals surface area contributed by atoms with Crippen molar-refractivity contribution in [2.24, 2.45) is 0 Å². The van der Waals surface area contributed by atoms with Crippen molar-refractivity contribution in [3.63, 3.8) is 0 Å². The molecular formula is C55H37NO2. The minimum absolute atomic E-state index is 0.773. The van der Waals surface area contributed by atoms with Gasteiger partial charge in [-0.2, -0.15) is 0 Å². The van der Waals surface area contributed by atoms with Gasteiger partial charge in [0.1, 0.15) is 22.7 Å². The Labute approximate surface area is 337 Å². The number of ether oxygens (including phenoxy) is 1. The summed E-state index contributed by atoms with van der Waals surface area (Å²) in [6, 6.07) is 73.2. The van der Waals surface area contributed by atoms with Gasteiger partial charge in [0.25, 0.3) is 0 Å². The van der Waals surface area contributed by atoms with Crippen LogP contribution in [0.15, 0.2) is 217 Å². The molecule has 11 rings (SSSR count). The van der Waals surface area contributed by atoms with Gasteiger partial charge < -0.3 is 14.1 Å². The Morgan fingerprint density at radius 1 is 0.397 bits per heavy atom. The molecule has 0 saturated carbocycles. The second-order valence-electron chi connectivity index (χ2n) is 14.8. The molecule has 58 heavy (non-hydrogen) atoms. The average Bonchev–Trinajstić information content (AvgIpc) is 3.68. The van der Waals surface area contributed by atoms with Crippen molar-refractivity contribution in [3.05, 3.63) is 223 Å². The lowest BCUT2D eigenvalue weighted by atomic mass is 9.97. The first-order chi connectivity index (χ1) is 28.7. The van der Waals surface area contributed by atoms with Gasteiger partial charge in [0.2, 0.25) is 0 Å². The average molecular weight is 744 g/mol. The van der Waals surface area contributed by atoms with E-state index in [2.05, 4.69) is 187 Å². The standard InChI is InChI=1S/C55H37NO2/c1-3-11-37(12-4-1)42-17-9-18-46(35-42)56(45-28-23-40(24-29-45)48-20-10-16-39-13-7-8-19-47(39)48)44-26-21-38(22-27-44)43-25-31-53-50(36-43)55-49-30-32-51(41-14-5-2-6-15-41)57-52(49)33-34-54(55)58-53/h1-29,31-36H,30H2. The highest BCUT2D eigenvalue weighted by molar-refractivity contribution is 6.09. The van der Waals surface area contributed by atoms with E-state index >= 15 is 0 Å². The molecule has 0 spiro atoms. The summed E-state index contributed by atoms with van der Waals surface area (Å²) in [6.45, 7) is 0. The molecule has 0 saturated heterocycles. The Bertz CT molecular complexity index is 3140. The van der Waals surface area contributed by atoms with E-state index in [0.29, 0.717) is 0 Å². The Morgan fingerprint density at radius 2 is 1.00 bits per heavy atom. The smallest absolute Gasteiger partial charge is 0.135 e. The highest BCUT2D eigenvalue weighted by Crippen LogP contribution is 2.43. The Morgan fingerprint density at radius 3 is 1.79 bits per heavy atom. The van der Waals surface area contributed by atoms with Gasteiger partial charge in [-0.1, -0.05) is 146 Å². The van der Waals surface area contributed by atoms with Gasteiger partial charge in [-0.05, 0) is 117 Å². The SMILES string of the molecule is C1=C(c2ccccc2)Oc2ccc3oc4ccc(-c5ccc(N(c6ccc(-c7cccc8ccccc78)cc6)c6cccc(-c7ccccc7)c6)cc5)cc4c3c2C1. The number of hydrogen-bond donors (Lipinski definition) is 0. The minimum atomic E-state index is 0.773. The van der Waals surface area contributed by atoms with E-state index in [1.165, 1.54) is 33.0 Å². The molecule has 10 aromatic rings. The number of furan rings is 1. The van der Waals surface area contributed by atoms with Crippen LogP contribution in [0.4, 0.5) is 17.1 Å². The van der Waals surface area contributed by atoms with E-state index in [9.17, 15) is 0 Å². The van der Waals surface area contributed by atoms with E-state index in [4.69, 9.17) is 9.15 Å². The topological polar surface area (TPSA) is 25.6 Å². The molecule has 0 aliphatic carbocycles. The lowest BCUT2D eigenvalue weighted by Crippen LogP contribution is -2.10. The number of benzene rings is 9. The summed E-state index contributed by atoms with van der Waals surface area (Å²) < 4.78 is 12.8. The molecule has 274 valence electrons. The van der Waals surface area contributed by atoms with Crippen LogP contribution in [-0.2, 0) is 6.42 Å². The molecule has 3 nitrogen and oxygen atoms in total. The Hall–Kier alpha value is -7.62. The van der Waals surface area contributed by atoms with Crippen LogP contribution in [-0.4, -0.2) is 0 Å². The van der Waals surface area contributed by atoms with Crippen molar-refractivity contribution in [1.82, 2.24) is 0 Å². The first kappa shape index (κ1) is 33.7. The van der Waals surface area contributed by atoms with Gasteiger partial charge in [0.15, 0.2) is 0 Å². The molecule has 2 heterocycles. The van der Waals surface area contributed by atoms with Crippen molar-refractivity contribution in [3.8, 4) is 39.1 Å². The van der Waals surface area contributed by atoms with Crippen LogP contribution in [0, 0.1) is 0 Å². The maximum Gasteiger partial charge on any atom is 0.135 e. The number of hydrogen-bond acceptors (Lipinski definition) is 3. The highest BCUT2D eigenvalue weighted by Gasteiger charge is 2.21. The quantitative estimate of drug-likeness (QED) is 0.163. The zero-order valence-corrected chi connectivity index (χ0v) is 31.7. The third kappa shape index (κ3) is 6.01. The van der Waals surface area contributed by atoms with Crippen molar-refractivity contribution in [2.45, 2.75) is 6.42 Å². The molecule has 0 N–H and O–H groups in total. The second kappa shape index (κ2) is 14.1. The molecule has 1 aliphatic rings. The lowest BCUT2D eigenvalue weighted by Gasteiger charge is -2.26. The van der Waals surface area contributed by atoms with Crippen LogP contribution >= 0.6 is 0 Å². The Balaban J connectivity index is 0.965. The highest BCUT2D eigenvalue weighted by atomic mass is 16.5. The van der Waals surface area contributed by atoms with E-state index in [1.54, 1.807) is 0 Å². The van der Waals surface area contributed by atoms with E-state index in [-0.39, 0.29) is 0 Å². The first-order valence-corrected chi connectivity index (χ1v) is 19.8. The van der Waals surface area contributed by atoms with Crippen LogP contribution in [0.5, 0.6) is 5.75 Å². The van der Waals surface area contributed by atoms with Crippen LogP contribution in [0.1, 0.15) is 11.1 Å². The first-order valence-electron chi connectivity index (χ1n) is 19.8.